The molecule has 1 aliphatic heterocycles. The molecule has 0 bridgehead atoms. The van der Waals surface area contributed by atoms with Crippen LogP contribution in [0.25, 0.3) is 0 Å². The van der Waals surface area contributed by atoms with Gasteiger partial charge in [0, 0.05) is 36.3 Å². The fourth-order valence-electron chi connectivity index (χ4n) is 2.92. The van der Waals surface area contributed by atoms with Crippen LogP contribution in [0.2, 0.25) is 0 Å². The summed E-state index contributed by atoms with van der Waals surface area (Å²) < 4.78 is 0.864. The van der Waals surface area contributed by atoms with Gasteiger partial charge in [-0.25, -0.2) is 0 Å². The second kappa shape index (κ2) is 7.18. The quantitative estimate of drug-likeness (QED) is 0.813. The number of halogens is 1. The molecule has 1 heterocycles. The molecule has 0 unspecified atom stereocenters. The molecule has 3 rings (SSSR count). The Morgan fingerprint density at radius 1 is 1.00 bits per heavy atom. The van der Waals surface area contributed by atoms with Gasteiger partial charge in [-0.2, -0.15) is 0 Å². The number of amides is 1. The van der Waals surface area contributed by atoms with Crippen LogP contribution in [-0.2, 0) is 6.42 Å². The lowest BCUT2D eigenvalue weighted by Gasteiger charge is -2.36. The van der Waals surface area contributed by atoms with Crippen molar-refractivity contribution in [3.8, 4) is 0 Å². The van der Waals surface area contributed by atoms with Crippen molar-refractivity contribution < 1.29 is 4.79 Å². The highest BCUT2D eigenvalue weighted by molar-refractivity contribution is 9.10. The minimum atomic E-state index is 0.110. The van der Waals surface area contributed by atoms with Gasteiger partial charge in [-0.3, -0.25) is 4.79 Å². The Balaban J connectivity index is 1.64. The van der Waals surface area contributed by atoms with Crippen molar-refractivity contribution >= 4 is 27.5 Å². The van der Waals surface area contributed by atoms with Gasteiger partial charge >= 0.3 is 0 Å². The van der Waals surface area contributed by atoms with E-state index < -0.39 is 0 Å². The average molecular weight is 373 g/mol. The monoisotopic (exact) mass is 372 g/mol. The molecule has 120 valence electrons. The minimum Gasteiger partial charge on any atom is -0.368 e. The molecule has 0 saturated carbocycles. The summed E-state index contributed by atoms with van der Waals surface area (Å²) in [6.45, 7) is 5.44. The van der Waals surface area contributed by atoms with Gasteiger partial charge in [-0.1, -0.05) is 31.2 Å². The van der Waals surface area contributed by atoms with Gasteiger partial charge in [0.2, 0.25) is 0 Å². The Hall–Kier alpha value is -1.81. The number of rotatable bonds is 3. The molecule has 0 spiro atoms. The second-order valence-corrected chi connectivity index (χ2v) is 6.63. The number of piperazine rings is 1. The van der Waals surface area contributed by atoms with E-state index in [1.54, 1.807) is 0 Å². The standard InChI is InChI=1S/C19H21BrN2O/c1-2-15-7-9-16(10-8-15)21-11-13-22(14-12-21)19(23)17-5-3-4-6-18(17)20/h3-10H,2,11-14H2,1H3. The molecule has 23 heavy (non-hydrogen) atoms. The maximum absolute atomic E-state index is 12.6. The van der Waals surface area contributed by atoms with E-state index in [4.69, 9.17) is 0 Å². The van der Waals surface area contributed by atoms with Crippen LogP contribution in [0.15, 0.2) is 53.0 Å². The number of hydrogen-bond acceptors (Lipinski definition) is 2. The number of aryl methyl sites for hydroxylation is 1. The number of carbonyl (C=O) groups is 1. The molecule has 0 aromatic heterocycles. The van der Waals surface area contributed by atoms with E-state index in [-0.39, 0.29) is 5.91 Å². The third-order valence-electron chi connectivity index (χ3n) is 4.38. The normalized spacial score (nSPS) is 14.9. The predicted molar refractivity (Wildman–Crippen MR) is 98.1 cm³/mol. The summed E-state index contributed by atoms with van der Waals surface area (Å²) in [6, 6.07) is 16.4. The number of nitrogens with zero attached hydrogens (tertiary/aromatic N) is 2. The highest BCUT2D eigenvalue weighted by atomic mass is 79.9. The molecule has 1 fully saturated rings. The molecule has 2 aromatic rings. The number of anilines is 1. The summed E-state index contributed by atoms with van der Waals surface area (Å²) in [5, 5.41) is 0. The Labute approximate surface area is 146 Å². The smallest absolute Gasteiger partial charge is 0.255 e. The molecule has 0 atom stereocenters. The Morgan fingerprint density at radius 3 is 2.26 bits per heavy atom. The average Bonchev–Trinajstić information content (AvgIpc) is 2.62. The Kier molecular flexibility index (Phi) is 5.01. The molecule has 1 amide bonds. The van der Waals surface area contributed by atoms with Crippen LogP contribution < -0.4 is 4.90 Å². The van der Waals surface area contributed by atoms with Crippen molar-refractivity contribution in [2.45, 2.75) is 13.3 Å². The van der Waals surface area contributed by atoms with Crippen LogP contribution in [0.5, 0.6) is 0 Å². The summed E-state index contributed by atoms with van der Waals surface area (Å²) >= 11 is 3.47. The van der Waals surface area contributed by atoms with Crippen molar-refractivity contribution in [1.29, 1.82) is 0 Å². The fraction of sp³-hybridized carbons (Fsp3) is 0.316. The lowest BCUT2D eigenvalue weighted by atomic mass is 10.1. The van der Waals surface area contributed by atoms with Crippen molar-refractivity contribution in [2.24, 2.45) is 0 Å². The Bertz CT molecular complexity index is 676. The van der Waals surface area contributed by atoms with Gasteiger partial charge in [0.25, 0.3) is 5.91 Å². The highest BCUT2D eigenvalue weighted by Gasteiger charge is 2.23. The largest absolute Gasteiger partial charge is 0.368 e. The van der Waals surface area contributed by atoms with Gasteiger partial charge in [-0.15, -0.1) is 0 Å². The van der Waals surface area contributed by atoms with Crippen molar-refractivity contribution in [3.63, 3.8) is 0 Å². The van der Waals surface area contributed by atoms with Gasteiger partial charge in [-0.05, 0) is 52.2 Å². The van der Waals surface area contributed by atoms with E-state index in [1.807, 2.05) is 29.2 Å². The van der Waals surface area contributed by atoms with E-state index in [0.717, 1.165) is 42.6 Å². The first kappa shape index (κ1) is 16.1. The predicted octanol–water partition coefficient (Wildman–Crippen LogP) is 3.97. The minimum absolute atomic E-state index is 0.110. The van der Waals surface area contributed by atoms with E-state index >= 15 is 0 Å². The lowest BCUT2D eigenvalue weighted by molar-refractivity contribution is 0.0746. The first-order chi connectivity index (χ1) is 11.2. The maximum atomic E-state index is 12.6. The zero-order valence-corrected chi connectivity index (χ0v) is 14.9. The molecule has 2 aromatic carbocycles. The van der Waals surface area contributed by atoms with Gasteiger partial charge in [0.15, 0.2) is 0 Å². The van der Waals surface area contributed by atoms with Crippen LogP contribution in [-0.4, -0.2) is 37.0 Å². The second-order valence-electron chi connectivity index (χ2n) is 5.78. The molecule has 1 saturated heterocycles. The van der Waals surface area contributed by atoms with Crippen LogP contribution in [0, 0.1) is 0 Å². The molecule has 0 N–H and O–H groups in total. The van der Waals surface area contributed by atoms with Crippen LogP contribution in [0.3, 0.4) is 0 Å². The topological polar surface area (TPSA) is 23.6 Å². The van der Waals surface area contributed by atoms with E-state index in [2.05, 4.69) is 52.0 Å². The maximum Gasteiger partial charge on any atom is 0.255 e. The number of hydrogen-bond donors (Lipinski definition) is 0. The van der Waals surface area contributed by atoms with E-state index in [0.29, 0.717) is 0 Å². The zero-order chi connectivity index (χ0) is 16.2. The molecule has 1 aliphatic rings. The third kappa shape index (κ3) is 3.58. The molecule has 3 nitrogen and oxygen atoms in total. The summed E-state index contributed by atoms with van der Waals surface area (Å²) in [5.41, 5.74) is 3.35. The summed E-state index contributed by atoms with van der Waals surface area (Å²) in [7, 11) is 0. The fourth-order valence-corrected chi connectivity index (χ4v) is 3.37. The van der Waals surface area contributed by atoms with Crippen LogP contribution >= 0.6 is 15.9 Å². The van der Waals surface area contributed by atoms with Crippen LogP contribution in [0.4, 0.5) is 5.69 Å². The van der Waals surface area contributed by atoms with Crippen molar-refractivity contribution in [2.75, 3.05) is 31.1 Å². The Morgan fingerprint density at radius 2 is 1.65 bits per heavy atom. The summed E-state index contributed by atoms with van der Waals surface area (Å²) in [6.07, 6.45) is 1.06. The molecular weight excluding hydrogens is 352 g/mol. The van der Waals surface area contributed by atoms with Gasteiger partial charge < -0.3 is 9.80 Å². The SMILES string of the molecule is CCc1ccc(N2CCN(C(=O)c3ccccc3Br)CC2)cc1. The van der Waals surface area contributed by atoms with Crippen LogP contribution in [0.1, 0.15) is 22.8 Å². The molecule has 0 aliphatic carbocycles. The van der Waals surface area contributed by atoms with Gasteiger partial charge in [0.05, 0.1) is 5.56 Å². The first-order valence-corrected chi connectivity index (χ1v) is 8.86. The zero-order valence-electron chi connectivity index (χ0n) is 13.3. The first-order valence-electron chi connectivity index (χ1n) is 8.06. The molecule has 4 heteroatoms. The summed E-state index contributed by atoms with van der Waals surface area (Å²) in [5.74, 6) is 0.110. The third-order valence-corrected chi connectivity index (χ3v) is 5.07. The number of benzene rings is 2. The lowest BCUT2D eigenvalue weighted by Crippen LogP contribution is -2.48. The van der Waals surface area contributed by atoms with Crippen molar-refractivity contribution in [1.82, 2.24) is 4.90 Å². The number of carbonyl (C=O) groups excluding carboxylic acids is 1. The van der Waals surface area contributed by atoms with Crippen molar-refractivity contribution in [3.05, 3.63) is 64.1 Å². The highest BCUT2D eigenvalue weighted by Crippen LogP contribution is 2.21. The molecular formula is C19H21BrN2O. The van der Waals surface area contributed by atoms with E-state index in [1.165, 1.54) is 11.3 Å². The van der Waals surface area contributed by atoms with Gasteiger partial charge in [0.1, 0.15) is 0 Å². The molecule has 0 radical (unpaired) electrons. The van der Waals surface area contributed by atoms with E-state index in [9.17, 15) is 4.79 Å². The summed E-state index contributed by atoms with van der Waals surface area (Å²) in [4.78, 5) is 16.9.